The Balaban J connectivity index is 0.000000200. The molecule has 16 heteroatoms. The van der Waals surface area contributed by atoms with Crippen molar-refractivity contribution < 1.29 is 9.47 Å². The van der Waals surface area contributed by atoms with E-state index in [1.807, 2.05) is 68.6 Å². The van der Waals surface area contributed by atoms with Crippen LogP contribution in [-0.2, 0) is 19.3 Å². The molecule has 0 spiro atoms. The fourth-order valence-corrected chi connectivity index (χ4v) is 5.64. The predicted molar refractivity (Wildman–Crippen MR) is 215 cm³/mol. The number of aromatic nitrogens is 6. The van der Waals surface area contributed by atoms with Gasteiger partial charge < -0.3 is 15.2 Å². The minimum atomic E-state index is 0.177. The number of nitrogens with zero attached hydrogens (tertiary/aromatic N) is 6. The standard InChI is InChI=1S/C19H16Cl3N3O.C14H15ClN2O.C4HCl3N2/c1-12-9-14(20)6-7-16(12)26-17-8-5-13(10-23-17)3-2-4-15-18(21)19(22)25-11-24-15;1-10-8-12(15)3-4-13(10)18-14-5-2-11(6-7-16)9-17-14;5-2-3(6)8-1-9-4(2)7/h5-11H,2-4H2,1H3;2-5,8-9H,6-7,16H2,1H3;1H. The second-order valence-corrected chi connectivity index (χ2v) is 13.8. The van der Waals surface area contributed by atoms with Crippen LogP contribution in [0.1, 0.15) is 34.4 Å². The van der Waals surface area contributed by atoms with Crippen molar-refractivity contribution in [3.05, 3.63) is 149 Å². The largest absolute Gasteiger partial charge is 0.439 e. The number of hydrogen-bond acceptors (Lipinski definition) is 9. The van der Waals surface area contributed by atoms with Crippen molar-refractivity contribution >= 4 is 81.2 Å². The average Bonchev–Trinajstić information content (AvgIpc) is 3.13. The van der Waals surface area contributed by atoms with Gasteiger partial charge >= 0.3 is 0 Å². The maximum Gasteiger partial charge on any atom is 0.219 e. The van der Waals surface area contributed by atoms with E-state index in [2.05, 4.69) is 29.9 Å². The molecule has 2 N–H and O–H groups in total. The van der Waals surface area contributed by atoms with Gasteiger partial charge in [0.05, 0.1) is 10.7 Å². The molecule has 0 aliphatic heterocycles. The van der Waals surface area contributed by atoms with Crippen molar-refractivity contribution in [3.63, 3.8) is 0 Å². The van der Waals surface area contributed by atoms with E-state index in [1.54, 1.807) is 18.3 Å². The van der Waals surface area contributed by atoms with Crippen LogP contribution in [0, 0.1) is 13.8 Å². The number of hydrogen-bond donors (Lipinski definition) is 1. The highest BCUT2D eigenvalue weighted by Gasteiger charge is 2.09. The normalized spacial score (nSPS) is 10.5. The lowest BCUT2D eigenvalue weighted by atomic mass is 10.1. The van der Waals surface area contributed by atoms with Crippen LogP contribution in [0.15, 0.2) is 85.7 Å². The topological polar surface area (TPSA) is 122 Å². The van der Waals surface area contributed by atoms with Crippen LogP contribution in [0.2, 0.25) is 35.5 Å². The first-order chi connectivity index (χ1) is 25.4. The lowest BCUT2D eigenvalue weighted by molar-refractivity contribution is 0.459. The van der Waals surface area contributed by atoms with Crippen LogP contribution >= 0.6 is 81.2 Å². The Morgan fingerprint density at radius 1 is 0.528 bits per heavy atom. The minimum absolute atomic E-state index is 0.177. The molecule has 9 nitrogen and oxygen atoms in total. The van der Waals surface area contributed by atoms with E-state index in [1.165, 1.54) is 12.7 Å². The maximum atomic E-state index is 6.10. The summed E-state index contributed by atoms with van der Waals surface area (Å²) in [5.74, 6) is 2.62. The molecule has 2 aromatic carbocycles. The molecule has 0 aliphatic rings. The van der Waals surface area contributed by atoms with Crippen LogP contribution < -0.4 is 15.2 Å². The second kappa shape index (κ2) is 21.4. The molecule has 0 radical (unpaired) electrons. The van der Waals surface area contributed by atoms with Crippen molar-refractivity contribution in [3.8, 4) is 23.3 Å². The number of ether oxygens (including phenoxy) is 2. The summed E-state index contributed by atoms with van der Waals surface area (Å²) in [6.45, 7) is 4.52. The Morgan fingerprint density at radius 2 is 1.00 bits per heavy atom. The summed E-state index contributed by atoms with van der Waals surface area (Å²) >= 11 is 40.2. The molecular formula is C37H32Cl7N7O2. The molecule has 0 aliphatic carbocycles. The number of halogens is 7. The van der Waals surface area contributed by atoms with Gasteiger partial charge in [0.15, 0.2) is 15.5 Å². The molecule has 6 aromatic rings. The molecule has 4 heterocycles. The third-order valence-corrected chi connectivity index (χ3v) is 9.51. The maximum absolute atomic E-state index is 6.10. The van der Waals surface area contributed by atoms with Crippen molar-refractivity contribution in [2.24, 2.45) is 5.73 Å². The van der Waals surface area contributed by atoms with E-state index in [4.69, 9.17) is 96.4 Å². The van der Waals surface area contributed by atoms with E-state index in [9.17, 15) is 0 Å². The molecule has 0 saturated heterocycles. The highest BCUT2D eigenvalue weighted by Crippen LogP contribution is 2.28. The van der Waals surface area contributed by atoms with Crippen molar-refractivity contribution in [2.45, 2.75) is 39.5 Å². The molecule has 0 atom stereocenters. The van der Waals surface area contributed by atoms with Gasteiger partial charge in [-0.05, 0) is 105 Å². The number of rotatable bonds is 10. The fourth-order valence-electron chi connectivity index (χ4n) is 4.43. The SMILES string of the molecule is Cc1cc(Cl)ccc1Oc1ccc(CCCc2ncnc(Cl)c2Cl)cn1.Cc1cc(Cl)ccc1Oc1ccc(CCN)cn1.Clc1ncnc(Cl)c1Cl. The van der Waals surface area contributed by atoms with E-state index in [0.29, 0.717) is 33.4 Å². The summed E-state index contributed by atoms with van der Waals surface area (Å²) in [4.78, 5) is 23.8. The Labute approximate surface area is 342 Å². The van der Waals surface area contributed by atoms with Gasteiger partial charge in [-0.3, -0.25) is 0 Å². The summed E-state index contributed by atoms with van der Waals surface area (Å²) in [5, 5.41) is 2.65. The van der Waals surface area contributed by atoms with Crippen LogP contribution in [0.25, 0.3) is 0 Å². The summed E-state index contributed by atoms with van der Waals surface area (Å²) < 4.78 is 11.5. The zero-order chi connectivity index (χ0) is 38.3. The molecule has 0 amide bonds. The van der Waals surface area contributed by atoms with Gasteiger partial charge in [-0.15, -0.1) is 0 Å². The molecule has 53 heavy (non-hydrogen) atoms. The molecule has 0 saturated carbocycles. The van der Waals surface area contributed by atoms with E-state index < -0.39 is 0 Å². The van der Waals surface area contributed by atoms with Crippen LogP contribution in [0.3, 0.4) is 0 Å². The molecule has 6 rings (SSSR count). The van der Waals surface area contributed by atoms with Crippen LogP contribution in [0.4, 0.5) is 0 Å². The van der Waals surface area contributed by atoms with Gasteiger partial charge in [0.25, 0.3) is 0 Å². The fraction of sp³-hybridized carbons (Fsp3) is 0.189. The Bertz CT molecular complexity index is 2070. The van der Waals surface area contributed by atoms with Crippen molar-refractivity contribution in [2.75, 3.05) is 6.54 Å². The highest BCUT2D eigenvalue weighted by atomic mass is 35.5. The summed E-state index contributed by atoms with van der Waals surface area (Å²) in [6, 6.07) is 18.7. The van der Waals surface area contributed by atoms with Crippen LogP contribution in [-0.4, -0.2) is 36.4 Å². The van der Waals surface area contributed by atoms with Crippen LogP contribution in [0.5, 0.6) is 23.3 Å². The summed E-state index contributed by atoms with van der Waals surface area (Å²) in [7, 11) is 0. The molecule has 0 unspecified atom stereocenters. The van der Waals surface area contributed by atoms with E-state index in [-0.39, 0.29) is 20.5 Å². The zero-order valence-electron chi connectivity index (χ0n) is 28.3. The molecule has 0 bridgehead atoms. The lowest BCUT2D eigenvalue weighted by Gasteiger charge is -2.09. The van der Waals surface area contributed by atoms with Gasteiger partial charge in [-0.25, -0.2) is 29.9 Å². The van der Waals surface area contributed by atoms with Gasteiger partial charge in [0.1, 0.15) is 29.2 Å². The minimum Gasteiger partial charge on any atom is -0.439 e. The predicted octanol–water partition coefficient (Wildman–Crippen LogP) is 11.9. The second-order valence-electron chi connectivity index (χ2n) is 11.1. The van der Waals surface area contributed by atoms with Crippen molar-refractivity contribution in [1.82, 2.24) is 29.9 Å². The molecule has 0 fully saturated rings. The van der Waals surface area contributed by atoms with Gasteiger partial charge in [0.2, 0.25) is 11.8 Å². The first-order valence-electron chi connectivity index (χ1n) is 15.9. The smallest absolute Gasteiger partial charge is 0.219 e. The quantitative estimate of drug-likeness (QED) is 0.134. The Hall–Kier alpha value is -3.51. The number of aryl methyl sites for hydroxylation is 4. The van der Waals surface area contributed by atoms with Gasteiger partial charge in [-0.1, -0.05) is 93.3 Å². The third kappa shape index (κ3) is 13.7. The first kappa shape index (κ1) is 42.2. The number of benzene rings is 2. The summed E-state index contributed by atoms with van der Waals surface area (Å²) in [5.41, 5.74) is 10.4. The highest BCUT2D eigenvalue weighted by molar-refractivity contribution is 6.46. The Morgan fingerprint density at radius 3 is 1.43 bits per heavy atom. The van der Waals surface area contributed by atoms with Gasteiger partial charge in [0, 0.05) is 34.6 Å². The average molecular weight is 855 g/mol. The molecular weight excluding hydrogens is 823 g/mol. The third-order valence-electron chi connectivity index (χ3n) is 7.13. The van der Waals surface area contributed by atoms with Gasteiger partial charge in [-0.2, -0.15) is 0 Å². The number of nitrogens with two attached hydrogens (primary N) is 1. The molecule has 4 aromatic heterocycles. The van der Waals surface area contributed by atoms with E-state index >= 15 is 0 Å². The molecule has 276 valence electrons. The first-order valence-corrected chi connectivity index (χ1v) is 18.5. The van der Waals surface area contributed by atoms with E-state index in [0.717, 1.165) is 65.1 Å². The zero-order valence-corrected chi connectivity index (χ0v) is 33.6. The summed E-state index contributed by atoms with van der Waals surface area (Å²) in [6.07, 6.45) is 9.56. The lowest BCUT2D eigenvalue weighted by Crippen LogP contribution is -2.02. The Kier molecular flexibility index (Phi) is 17.1. The van der Waals surface area contributed by atoms with Crippen molar-refractivity contribution in [1.29, 1.82) is 0 Å². The number of pyridine rings is 2. The monoisotopic (exact) mass is 851 g/mol.